The Balaban J connectivity index is 2.79. The Bertz CT molecular complexity index is 284. The van der Waals surface area contributed by atoms with Crippen molar-refractivity contribution in [3.8, 4) is 0 Å². The highest BCUT2D eigenvalue weighted by Gasteiger charge is 2.45. The van der Waals surface area contributed by atoms with E-state index in [1.54, 1.807) is 4.90 Å². The molecule has 100 valence electrons. The molecule has 1 heterocycles. The van der Waals surface area contributed by atoms with Gasteiger partial charge in [0.25, 0.3) is 0 Å². The fraction of sp³-hybridized carbons (Fsp3) is 0.917. The fourth-order valence-corrected chi connectivity index (χ4v) is 1.97. The Kier molecular flexibility index (Phi) is 4.04. The molecule has 1 fully saturated rings. The number of carbonyl (C=O) groups is 1. The summed E-state index contributed by atoms with van der Waals surface area (Å²) in [6, 6.07) is 0.00449. The van der Waals surface area contributed by atoms with Crippen LogP contribution < -0.4 is 5.73 Å². The van der Waals surface area contributed by atoms with Crippen LogP contribution in [0.3, 0.4) is 0 Å². The van der Waals surface area contributed by atoms with Gasteiger partial charge in [0.1, 0.15) is 11.3 Å². The van der Waals surface area contributed by atoms with Gasteiger partial charge in [-0.2, -0.15) is 0 Å². The molecule has 1 saturated heterocycles. The van der Waals surface area contributed by atoms with E-state index in [0.717, 1.165) is 6.42 Å². The second-order valence-corrected chi connectivity index (χ2v) is 5.84. The van der Waals surface area contributed by atoms with Crippen LogP contribution in [0.1, 0.15) is 41.0 Å². The van der Waals surface area contributed by atoms with E-state index in [-0.39, 0.29) is 12.1 Å². The van der Waals surface area contributed by atoms with Gasteiger partial charge in [0.15, 0.2) is 0 Å². The second kappa shape index (κ2) is 4.82. The first-order valence-corrected chi connectivity index (χ1v) is 6.04. The summed E-state index contributed by atoms with van der Waals surface area (Å²) in [6.45, 7) is 10.3. The summed E-state index contributed by atoms with van der Waals surface area (Å²) in [5.41, 5.74) is 4.43. The second-order valence-electron chi connectivity index (χ2n) is 5.84. The Labute approximate surface area is 103 Å². The van der Waals surface area contributed by atoms with E-state index in [4.69, 9.17) is 15.2 Å². The maximum absolute atomic E-state index is 12.1. The molecule has 1 aliphatic rings. The van der Waals surface area contributed by atoms with Gasteiger partial charge in [-0.1, -0.05) is 0 Å². The van der Waals surface area contributed by atoms with Gasteiger partial charge in [-0.25, -0.2) is 4.79 Å². The van der Waals surface area contributed by atoms with Crippen molar-refractivity contribution >= 4 is 6.09 Å². The number of ether oxygens (including phenoxy) is 2. The predicted octanol–water partition coefficient (Wildman–Crippen LogP) is 1.71. The highest BCUT2D eigenvalue weighted by Crippen LogP contribution is 2.30. The number of nitrogens with zero attached hydrogens (tertiary/aromatic N) is 1. The van der Waals surface area contributed by atoms with E-state index in [1.165, 1.54) is 0 Å². The van der Waals surface area contributed by atoms with Gasteiger partial charge in [0.05, 0.1) is 12.6 Å². The third kappa shape index (κ3) is 3.57. The molecule has 17 heavy (non-hydrogen) atoms. The van der Waals surface area contributed by atoms with Crippen LogP contribution in [-0.4, -0.2) is 41.5 Å². The maximum atomic E-state index is 12.1. The zero-order chi connectivity index (χ0) is 13.3. The van der Waals surface area contributed by atoms with Crippen LogP contribution in [0.2, 0.25) is 0 Å². The average Bonchev–Trinajstić information content (AvgIpc) is 2.39. The molecule has 1 rings (SSSR count). The Morgan fingerprint density at radius 1 is 1.53 bits per heavy atom. The minimum Gasteiger partial charge on any atom is -0.444 e. The molecule has 0 unspecified atom stereocenters. The van der Waals surface area contributed by atoms with Crippen molar-refractivity contribution in [2.24, 2.45) is 5.73 Å². The van der Waals surface area contributed by atoms with Crippen molar-refractivity contribution in [2.75, 3.05) is 13.2 Å². The molecule has 0 bridgehead atoms. The minimum absolute atomic E-state index is 0.00449. The molecule has 2 N–H and O–H groups in total. The first-order chi connectivity index (χ1) is 7.67. The van der Waals surface area contributed by atoms with Gasteiger partial charge >= 0.3 is 6.09 Å². The molecule has 5 heteroatoms. The number of nitrogens with two attached hydrogens (primary N) is 1. The number of carbonyl (C=O) groups excluding carboxylic acids is 1. The molecule has 0 saturated carbocycles. The van der Waals surface area contributed by atoms with Crippen LogP contribution in [-0.2, 0) is 9.47 Å². The van der Waals surface area contributed by atoms with Crippen molar-refractivity contribution in [1.82, 2.24) is 4.90 Å². The van der Waals surface area contributed by atoms with Crippen LogP contribution in [0.5, 0.6) is 0 Å². The Morgan fingerprint density at radius 3 is 2.59 bits per heavy atom. The van der Waals surface area contributed by atoms with Gasteiger partial charge in [0, 0.05) is 0 Å². The maximum Gasteiger partial charge on any atom is 0.412 e. The first-order valence-electron chi connectivity index (χ1n) is 6.04. The lowest BCUT2D eigenvalue weighted by Gasteiger charge is -2.35. The van der Waals surface area contributed by atoms with E-state index in [0.29, 0.717) is 13.2 Å². The Hall–Kier alpha value is -0.810. The predicted molar refractivity (Wildman–Crippen MR) is 65.6 cm³/mol. The molecule has 0 spiro atoms. The molecular formula is C12H24N2O3. The summed E-state index contributed by atoms with van der Waals surface area (Å²) in [5, 5.41) is 0. The van der Waals surface area contributed by atoms with Crippen LogP contribution in [0.15, 0.2) is 0 Å². The fourth-order valence-electron chi connectivity index (χ4n) is 1.97. The summed E-state index contributed by atoms with van der Waals surface area (Å²) in [7, 11) is 0. The molecule has 1 amide bonds. The van der Waals surface area contributed by atoms with Crippen molar-refractivity contribution in [2.45, 2.75) is 58.4 Å². The average molecular weight is 244 g/mol. The summed E-state index contributed by atoms with van der Waals surface area (Å²) in [6.07, 6.45) is 0.390. The van der Waals surface area contributed by atoms with Crippen molar-refractivity contribution in [3.63, 3.8) is 0 Å². The molecule has 0 aromatic carbocycles. The molecule has 1 aliphatic heterocycles. The number of hydrogen-bond acceptors (Lipinski definition) is 4. The van der Waals surface area contributed by atoms with E-state index in [1.807, 2.05) is 34.6 Å². The number of amides is 1. The molecule has 0 radical (unpaired) electrons. The molecule has 0 aromatic rings. The van der Waals surface area contributed by atoms with Gasteiger partial charge in [-0.3, -0.25) is 4.90 Å². The third-order valence-corrected chi connectivity index (χ3v) is 2.66. The lowest BCUT2D eigenvalue weighted by Crippen LogP contribution is -2.50. The number of hydrogen-bond donors (Lipinski definition) is 1. The summed E-state index contributed by atoms with van der Waals surface area (Å²) >= 11 is 0. The lowest BCUT2D eigenvalue weighted by atomic mass is 10.1. The van der Waals surface area contributed by atoms with Gasteiger partial charge in [-0.15, -0.1) is 0 Å². The van der Waals surface area contributed by atoms with Gasteiger partial charge in [-0.05, 0) is 47.6 Å². The Morgan fingerprint density at radius 2 is 2.12 bits per heavy atom. The summed E-state index contributed by atoms with van der Waals surface area (Å²) in [5.74, 6) is 0. The quantitative estimate of drug-likeness (QED) is 0.803. The minimum atomic E-state index is -0.623. The summed E-state index contributed by atoms with van der Waals surface area (Å²) < 4.78 is 11.0. The topological polar surface area (TPSA) is 64.8 Å². The highest BCUT2D eigenvalue weighted by molar-refractivity contribution is 5.69. The van der Waals surface area contributed by atoms with Gasteiger partial charge in [0.2, 0.25) is 0 Å². The zero-order valence-electron chi connectivity index (χ0n) is 11.4. The first kappa shape index (κ1) is 14.3. The smallest absolute Gasteiger partial charge is 0.412 e. The molecule has 0 aromatic heterocycles. The SMILES string of the molecule is CC(C)(C)OC(=O)N1[C@H](CCN)COC1(C)C. The lowest BCUT2D eigenvalue weighted by molar-refractivity contribution is -0.0625. The number of rotatable bonds is 2. The zero-order valence-corrected chi connectivity index (χ0v) is 11.4. The third-order valence-electron chi connectivity index (χ3n) is 2.66. The van der Waals surface area contributed by atoms with Crippen LogP contribution in [0.25, 0.3) is 0 Å². The van der Waals surface area contributed by atoms with E-state index in [2.05, 4.69) is 0 Å². The van der Waals surface area contributed by atoms with E-state index >= 15 is 0 Å². The van der Waals surface area contributed by atoms with E-state index < -0.39 is 11.3 Å². The largest absolute Gasteiger partial charge is 0.444 e. The van der Waals surface area contributed by atoms with Crippen molar-refractivity contribution < 1.29 is 14.3 Å². The molecular weight excluding hydrogens is 220 g/mol. The molecule has 1 atom stereocenters. The highest BCUT2D eigenvalue weighted by atomic mass is 16.6. The summed E-state index contributed by atoms with van der Waals surface area (Å²) in [4.78, 5) is 13.8. The van der Waals surface area contributed by atoms with Gasteiger partial charge < -0.3 is 15.2 Å². The van der Waals surface area contributed by atoms with Crippen LogP contribution in [0.4, 0.5) is 4.79 Å². The molecule has 5 nitrogen and oxygen atoms in total. The monoisotopic (exact) mass is 244 g/mol. The normalized spacial score (nSPS) is 23.9. The van der Waals surface area contributed by atoms with Crippen LogP contribution in [0, 0.1) is 0 Å². The van der Waals surface area contributed by atoms with E-state index in [9.17, 15) is 4.79 Å². The standard InChI is InChI=1S/C12H24N2O3/c1-11(2,3)17-10(15)14-9(6-7-13)8-16-12(14,4)5/h9H,6-8,13H2,1-5H3/t9-/m1/s1. The van der Waals surface area contributed by atoms with Crippen LogP contribution >= 0.6 is 0 Å². The molecule has 0 aliphatic carbocycles. The van der Waals surface area contributed by atoms with Crippen molar-refractivity contribution in [3.05, 3.63) is 0 Å². The van der Waals surface area contributed by atoms with Crippen molar-refractivity contribution in [1.29, 1.82) is 0 Å².